The highest BCUT2D eigenvalue weighted by Gasteiger charge is 2.24. The van der Waals surface area contributed by atoms with Crippen molar-refractivity contribution in [3.8, 4) is 5.88 Å². The van der Waals surface area contributed by atoms with E-state index in [-0.39, 0.29) is 0 Å². The predicted octanol–water partition coefficient (Wildman–Crippen LogP) is 1.70. The second kappa shape index (κ2) is 3.81. The first kappa shape index (κ1) is 9.16. The second-order valence-electron chi connectivity index (χ2n) is 4.44. The first-order chi connectivity index (χ1) is 7.42. The summed E-state index contributed by atoms with van der Waals surface area (Å²) in [5.74, 6) is 1.55. The van der Waals surface area contributed by atoms with E-state index in [9.17, 15) is 0 Å². The molecular formula is C12H16N2O. The standard InChI is InChI=1S/C12H16N2O/c1-2-9(1)10-3-4-12(14-7-10)15-11-5-6-13-8-11/h3-4,7,9,11,13H,1-2,5-6,8H2. The number of hydrogen-bond donors (Lipinski definition) is 1. The molecule has 1 aromatic rings. The van der Waals surface area contributed by atoms with Gasteiger partial charge in [-0.1, -0.05) is 6.07 Å². The molecule has 3 heteroatoms. The normalized spacial score (nSPS) is 25.5. The van der Waals surface area contributed by atoms with E-state index in [1.165, 1.54) is 18.4 Å². The van der Waals surface area contributed by atoms with E-state index in [1.807, 2.05) is 12.3 Å². The Kier molecular flexibility index (Phi) is 2.33. The van der Waals surface area contributed by atoms with Crippen LogP contribution >= 0.6 is 0 Å². The van der Waals surface area contributed by atoms with E-state index in [0.29, 0.717) is 6.10 Å². The Labute approximate surface area is 89.9 Å². The van der Waals surface area contributed by atoms with Crippen LogP contribution in [0.1, 0.15) is 30.7 Å². The van der Waals surface area contributed by atoms with Gasteiger partial charge in [0.2, 0.25) is 5.88 Å². The van der Waals surface area contributed by atoms with Crippen LogP contribution < -0.4 is 10.1 Å². The van der Waals surface area contributed by atoms with Crippen molar-refractivity contribution in [2.24, 2.45) is 0 Å². The van der Waals surface area contributed by atoms with Crippen LogP contribution in [0, 0.1) is 0 Å². The molecule has 3 nitrogen and oxygen atoms in total. The molecular weight excluding hydrogens is 188 g/mol. The lowest BCUT2D eigenvalue weighted by molar-refractivity contribution is 0.214. The molecule has 1 N–H and O–H groups in total. The number of hydrogen-bond acceptors (Lipinski definition) is 3. The van der Waals surface area contributed by atoms with Crippen molar-refractivity contribution in [3.63, 3.8) is 0 Å². The van der Waals surface area contributed by atoms with Crippen molar-refractivity contribution >= 4 is 0 Å². The fraction of sp³-hybridized carbons (Fsp3) is 0.583. The Balaban J connectivity index is 1.64. The summed E-state index contributed by atoms with van der Waals surface area (Å²) in [4.78, 5) is 4.35. The molecule has 1 unspecified atom stereocenters. The van der Waals surface area contributed by atoms with Crippen molar-refractivity contribution in [3.05, 3.63) is 23.9 Å². The molecule has 2 aliphatic rings. The maximum absolute atomic E-state index is 5.76. The van der Waals surface area contributed by atoms with Crippen molar-refractivity contribution in [2.45, 2.75) is 31.3 Å². The molecule has 1 saturated carbocycles. The predicted molar refractivity (Wildman–Crippen MR) is 58.1 cm³/mol. The lowest BCUT2D eigenvalue weighted by Gasteiger charge is -2.11. The van der Waals surface area contributed by atoms with Gasteiger partial charge in [0.25, 0.3) is 0 Å². The van der Waals surface area contributed by atoms with Gasteiger partial charge in [-0.25, -0.2) is 4.98 Å². The molecule has 0 spiro atoms. The van der Waals surface area contributed by atoms with Crippen LogP contribution in [0.4, 0.5) is 0 Å². The van der Waals surface area contributed by atoms with Crippen LogP contribution in [0.2, 0.25) is 0 Å². The average Bonchev–Trinajstić information content (AvgIpc) is 2.99. The van der Waals surface area contributed by atoms with Gasteiger partial charge < -0.3 is 10.1 Å². The Morgan fingerprint density at radius 3 is 2.80 bits per heavy atom. The largest absolute Gasteiger partial charge is 0.473 e. The monoisotopic (exact) mass is 204 g/mol. The van der Waals surface area contributed by atoms with Crippen LogP contribution in [0.5, 0.6) is 5.88 Å². The minimum atomic E-state index is 0.310. The minimum absolute atomic E-state index is 0.310. The summed E-state index contributed by atoms with van der Waals surface area (Å²) >= 11 is 0. The summed E-state index contributed by atoms with van der Waals surface area (Å²) in [7, 11) is 0. The zero-order chi connectivity index (χ0) is 10.1. The topological polar surface area (TPSA) is 34.1 Å². The Morgan fingerprint density at radius 2 is 2.20 bits per heavy atom. The Bertz CT molecular complexity index is 326. The lowest BCUT2D eigenvalue weighted by Crippen LogP contribution is -2.19. The van der Waals surface area contributed by atoms with Gasteiger partial charge in [-0.15, -0.1) is 0 Å². The summed E-state index contributed by atoms with van der Waals surface area (Å²) in [6, 6.07) is 4.16. The van der Waals surface area contributed by atoms with Gasteiger partial charge in [-0.2, -0.15) is 0 Å². The molecule has 15 heavy (non-hydrogen) atoms. The number of aromatic nitrogens is 1. The van der Waals surface area contributed by atoms with E-state index in [4.69, 9.17) is 4.74 Å². The molecule has 1 aromatic heterocycles. The quantitative estimate of drug-likeness (QED) is 0.813. The highest BCUT2D eigenvalue weighted by molar-refractivity contribution is 5.24. The van der Waals surface area contributed by atoms with Crippen molar-refractivity contribution in [2.75, 3.05) is 13.1 Å². The van der Waals surface area contributed by atoms with Crippen LogP contribution in [-0.4, -0.2) is 24.2 Å². The average molecular weight is 204 g/mol. The number of ether oxygens (including phenoxy) is 1. The molecule has 0 aromatic carbocycles. The Hall–Kier alpha value is -1.09. The van der Waals surface area contributed by atoms with Crippen LogP contribution in [-0.2, 0) is 0 Å². The van der Waals surface area contributed by atoms with Gasteiger partial charge >= 0.3 is 0 Å². The fourth-order valence-electron chi connectivity index (χ4n) is 2.02. The zero-order valence-corrected chi connectivity index (χ0v) is 8.78. The van der Waals surface area contributed by atoms with Crippen LogP contribution in [0.3, 0.4) is 0 Å². The van der Waals surface area contributed by atoms with Crippen LogP contribution in [0.25, 0.3) is 0 Å². The third kappa shape index (κ3) is 2.12. The SMILES string of the molecule is c1cc(OC2CCNC2)ncc1C1CC1. The fourth-order valence-corrected chi connectivity index (χ4v) is 2.02. The molecule has 0 amide bonds. The molecule has 0 bridgehead atoms. The van der Waals surface area contributed by atoms with E-state index in [2.05, 4.69) is 16.4 Å². The summed E-state index contributed by atoms with van der Waals surface area (Å²) in [5.41, 5.74) is 1.37. The summed E-state index contributed by atoms with van der Waals surface area (Å²) in [6.45, 7) is 2.01. The first-order valence-corrected chi connectivity index (χ1v) is 5.75. The molecule has 80 valence electrons. The number of pyridine rings is 1. The summed E-state index contributed by atoms with van der Waals surface area (Å²) in [5, 5.41) is 3.28. The van der Waals surface area contributed by atoms with E-state index in [0.717, 1.165) is 31.3 Å². The lowest BCUT2D eigenvalue weighted by atomic mass is 10.2. The maximum Gasteiger partial charge on any atom is 0.213 e. The maximum atomic E-state index is 5.76. The second-order valence-corrected chi connectivity index (χ2v) is 4.44. The van der Waals surface area contributed by atoms with Gasteiger partial charge in [0.1, 0.15) is 6.10 Å². The minimum Gasteiger partial charge on any atom is -0.473 e. The smallest absolute Gasteiger partial charge is 0.213 e. The molecule has 1 atom stereocenters. The van der Waals surface area contributed by atoms with Gasteiger partial charge in [-0.3, -0.25) is 0 Å². The Morgan fingerprint density at radius 1 is 1.27 bits per heavy atom. The third-order valence-corrected chi connectivity index (χ3v) is 3.11. The summed E-state index contributed by atoms with van der Waals surface area (Å²) < 4.78 is 5.76. The van der Waals surface area contributed by atoms with Crippen molar-refractivity contribution < 1.29 is 4.74 Å². The van der Waals surface area contributed by atoms with Gasteiger partial charge in [0.05, 0.1) is 0 Å². The molecule has 1 aliphatic carbocycles. The van der Waals surface area contributed by atoms with Crippen LogP contribution in [0.15, 0.2) is 18.3 Å². The molecule has 2 heterocycles. The third-order valence-electron chi connectivity index (χ3n) is 3.11. The number of rotatable bonds is 3. The van der Waals surface area contributed by atoms with E-state index < -0.39 is 0 Å². The molecule has 1 saturated heterocycles. The van der Waals surface area contributed by atoms with E-state index >= 15 is 0 Å². The molecule has 2 fully saturated rings. The highest BCUT2D eigenvalue weighted by Crippen LogP contribution is 2.39. The molecule has 3 rings (SSSR count). The number of nitrogens with one attached hydrogen (secondary N) is 1. The van der Waals surface area contributed by atoms with E-state index in [1.54, 1.807) is 0 Å². The summed E-state index contributed by atoms with van der Waals surface area (Å²) in [6.07, 6.45) is 6.02. The van der Waals surface area contributed by atoms with Crippen molar-refractivity contribution in [1.82, 2.24) is 10.3 Å². The van der Waals surface area contributed by atoms with Gasteiger partial charge in [-0.05, 0) is 37.3 Å². The van der Waals surface area contributed by atoms with Gasteiger partial charge in [0.15, 0.2) is 0 Å². The number of nitrogens with zero attached hydrogens (tertiary/aromatic N) is 1. The molecule has 0 radical (unpaired) electrons. The van der Waals surface area contributed by atoms with Crippen molar-refractivity contribution in [1.29, 1.82) is 0 Å². The first-order valence-electron chi connectivity index (χ1n) is 5.75. The highest BCUT2D eigenvalue weighted by atomic mass is 16.5. The van der Waals surface area contributed by atoms with Gasteiger partial charge in [0, 0.05) is 18.8 Å². The zero-order valence-electron chi connectivity index (χ0n) is 8.78. The molecule has 1 aliphatic heterocycles.